The van der Waals surface area contributed by atoms with Crippen molar-refractivity contribution in [1.82, 2.24) is 14.9 Å². The molecule has 1 saturated carbocycles. The molecule has 1 aromatic carbocycles. The maximum atomic E-state index is 13.0. The van der Waals surface area contributed by atoms with E-state index in [4.69, 9.17) is 4.74 Å². The molecule has 5 nitrogen and oxygen atoms in total. The van der Waals surface area contributed by atoms with Crippen LogP contribution in [-0.2, 0) is 0 Å². The number of benzene rings is 1. The molecule has 2 aliphatic rings. The third-order valence-corrected chi connectivity index (χ3v) is 5.69. The molecule has 1 N–H and O–H groups in total. The van der Waals surface area contributed by atoms with E-state index in [0.717, 1.165) is 36.1 Å². The van der Waals surface area contributed by atoms with Gasteiger partial charge in [-0.05, 0) is 43.9 Å². The second-order valence-electron chi connectivity index (χ2n) is 7.35. The van der Waals surface area contributed by atoms with Gasteiger partial charge in [-0.1, -0.05) is 24.3 Å². The van der Waals surface area contributed by atoms with Crippen LogP contribution < -0.4 is 10.1 Å². The number of carbonyl (C=O) groups is 1. The third kappa shape index (κ3) is 2.46. The first-order valence-corrected chi connectivity index (χ1v) is 9.25. The zero-order valence-corrected chi connectivity index (χ0v) is 14.5. The first-order chi connectivity index (χ1) is 12.7. The fourth-order valence-corrected chi connectivity index (χ4v) is 4.42. The highest BCUT2D eigenvalue weighted by atomic mass is 16.5. The fraction of sp³-hybridized carbons (Fsp3) is 0.333. The van der Waals surface area contributed by atoms with Crippen molar-refractivity contribution in [3.05, 3.63) is 66.0 Å². The predicted octanol–water partition coefficient (Wildman–Crippen LogP) is 3.90. The predicted molar refractivity (Wildman–Crippen MR) is 98.3 cm³/mol. The number of carbonyl (C=O) groups excluding carboxylic acids is 1. The summed E-state index contributed by atoms with van der Waals surface area (Å²) in [4.78, 5) is 13.0. The summed E-state index contributed by atoms with van der Waals surface area (Å²) >= 11 is 0. The minimum Gasteiger partial charge on any atom is -0.487 e. The zero-order valence-electron chi connectivity index (χ0n) is 14.5. The molecule has 0 saturated heterocycles. The Kier molecular flexibility index (Phi) is 3.48. The molecule has 26 heavy (non-hydrogen) atoms. The zero-order chi connectivity index (χ0) is 17.6. The van der Waals surface area contributed by atoms with Gasteiger partial charge in [0.25, 0.3) is 5.91 Å². The number of pyridine rings is 1. The summed E-state index contributed by atoms with van der Waals surface area (Å²) in [5.41, 5.74) is 2.36. The molecule has 0 bridgehead atoms. The Labute approximate surface area is 152 Å². The van der Waals surface area contributed by atoms with Crippen LogP contribution in [0.15, 0.2) is 54.9 Å². The van der Waals surface area contributed by atoms with Gasteiger partial charge in [0.2, 0.25) is 0 Å². The summed E-state index contributed by atoms with van der Waals surface area (Å²) in [5.74, 6) is 0.826. The largest absolute Gasteiger partial charge is 0.487 e. The van der Waals surface area contributed by atoms with E-state index in [1.807, 2.05) is 42.6 Å². The number of hydrogen-bond donors (Lipinski definition) is 1. The Morgan fingerprint density at radius 3 is 2.85 bits per heavy atom. The summed E-state index contributed by atoms with van der Waals surface area (Å²) in [6, 6.07) is 13.8. The maximum absolute atomic E-state index is 13.0. The second-order valence-corrected chi connectivity index (χ2v) is 7.35. The molecule has 1 amide bonds. The van der Waals surface area contributed by atoms with Crippen LogP contribution in [0.4, 0.5) is 0 Å². The number of aromatic nitrogens is 2. The molecular weight excluding hydrogens is 326 g/mol. The molecule has 5 rings (SSSR count). The quantitative estimate of drug-likeness (QED) is 0.765. The number of fused-ring (bicyclic) bond motifs is 2. The molecule has 1 aliphatic carbocycles. The van der Waals surface area contributed by atoms with Crippen LogP contribution in [0.5, 0.6) is 5.75 Å². The topological polar surface area (TPSA) is 55.6 Å². The average molecular weight is 347 g/mol. The first kappa shape index (κ1) is 15.4. The van der Waals surface area contributed by atoms with Crippen LogP contribution in [0.25, 0.3) is 5.52 Å². The molecule has 1 aliphatic heterocycles. The van der Waals surface area contributed by atoms with Crippen LogP contribution in [-0.4, -0.2) is 21.1 Å². The number of hydrogen-bond acceptors (Lipinski definition) is 3. The average Bonchev–Trinajstić information content (AvgIpc) is 3.29. The summed E-state index contributed by atoms with van der Waals surface area (Å²) in [5, 5.41) is 7.53. The lowest BCUT2D eigenvalue weighted by Gasteiger charge is -2.40. The van der Waals surface area contributed by atoms with Gasteiger partial charge in [-0.3, -0.25) is 4.79 Å². The van der Waals surface area contributed by atoms with Crippen molar-refractivity contribution in [2.24, 2.45) is 0 Å². The van der Waals surface area contributed by atoms with Gasteiger partial charge in [-0.15, -0.1) is 0 Å². The molecule has 1 fully saturated rings. The van der Waals surface area contributed by atoms with E-state index in [9.17, 15) is 4.79 Å². The molecule has 1 spiro atoms. The van der Waals surface area contributed by atoms with Crippen molar-refractivity contribution in [1.29, 1.82) is 0 Å². The molecule has 5 heteroatoms. The summed E-state index contributed by atoms with van der Waals surface area (Å²) in [6.07, 6.45) is 8.82. The molecule has 132 valence electrons. The highest BCUT2D eigenvalue weighted by molar-refractivity contribution is 6.00. The number of amides is 1. The molecule has 3 aromatic rings. The lowest BCUT2D eigenvalue weighted by atomic mass is 9.86. The van der Waals surface area contributed by atoms with E-state index >= 15 is 0 Å². The van der Waals surface area contributed by atoms with E-state index in [1.54, 1.807) is 10.7 Å². The van der Waals surface area contributed by atoms with Crippen molar-refractivity contribution in [2.45, 2.75) is 43.7 Å². The van der Waals surface area contributed by atoms with Gasteiger partial charge in [0.15, 0.2) is 0 Å². The van der Waals surface area contributed by atoms with Crippen LogP contribution in [0.3, 0.4) is 0 Å². The number of rotatable bonds is 2. The van der Waals surface area contributed by atoms with Crippen LogP contribution in [0, 0.1) is 0 Å². The van der Waals surface area contributed by atoms with E-state index in [1.165, 1.54) is 12.8 Å². The Morgan fingerprint density at radius 1 is 1.15 bits per heavy atom. The Morgan fingerprint density at radius 2 is 1.96 bits per heavy atom. The highest BCUT2D eigenvalue weighted by Gasteiger charge is 2.43. The molecule has 1 unspecified atom stereocenters. The Bertz CT molecular complexity index is 972. The van der Waals surface area contributed by atoms with Crippen molar-refractivity contribution < 1.29 is 9.53 Å². The monoisotopic (exact) mass is 347 g/mol. The maximum Gasteiger partial charge on any atom is 0.255 e. The van der Waals surface area contributed by atoms with Gasteiger partial charge in [-0.2, -0.15) is 5.10 Å². The SMILES string of the molecule is O=C(NC1CC2(CCCC2)Oc2ccccc21)c1cnn2ccccc12. The lowest BCUT2D eigenvalue weighted by molar-refractivity contribution is 0.0361. The number of ether oxygens (including phenoxy) is 1. The van der Waals surface area contributed by atoms with Crippen LogP contribution >= 0.6 is 0 Å². The first-order valence-electron chi connectivity index (χ1n) is 9.25. The van der Waals surface area contributed by atoms with Crippen molar-refractivity contribution in [2.75, 3.05) is 0 Å². The van der Waals surface area contributed by atoms with Gasteiger partial charge >= 0.3 is 0 Å². The molecule has 2 aromatic heterocycles. The van der Waals surface area contributed by atoms with Crippen LogP contribution in [0.1, 0.15) is 54.1 Å². The van der Waals surface area contributed by atoms with Crippen molar-refractivity contribution in [3.8, 4) is 5.75 Å². The van der Waals surface area contributed by atoms with E-state index in [0.29, 0.717) is 5.56 Å². The number of para-hydroxylation sites is 1. The second kappa shape index (κ2) is 5.87. The van der Waals surface area contributed by atoms with Gasteiger partial charge in [0, 0.05) is 18.2 Å². The summed E-state index contributed by atoms with van der Waals surface area (Å²) in [6.45, 7) is 0. The van der Waals surface area contributed by atoms with Gasteiger partial charge in [0.05, 0.1) is 23.3 Å². The molecular formula is C21H21N3O2. The molecule has 0 radical (unpaired) electrons. The molecule has 1 atom stereocenters. The summed E-state index contributed by atoms with van der Waals surface area (Å²) < 4.78 is 8.11. The van der Waals surface area contributed by atoms with Gasteiger partial charge < -0.3 is 10.1 Å². The number of nitrogens with zero attached hydrogens (tertiary/aromatic N) is 2. The normalized spacial score (nSPS) is 20.7. The fourth-order valence-electron chi connectivity index (χ4n) is 4.42. The minimum atomic E-state index is -0.132. The standard InChI is InChI=1S/C21H21N3O2/c25-20(16-14-22-24-12-6-3-8-18(16)24)23-17-13-21(10-4-5-11-21)26-19-9-2-1-7-15(17)19/h1-3,6-9,12,14,17H,4-5,10-11,13H2,(H,23,25). The molecule has 3 heterocycles. The summed E-state index contributed by atoms with van der Waals surface area (Å²) in [7, 11) is 0. The van der Waals surface area contributed by atoms with E-state index in [2.05, 4.69) is 16.5 Å². The van der Waals surface area contributed by atoms with Gasteiger partial charge in [-0.25, -0.2) is 4.52 Å². The van der Waals surface area contributed by atoms with Crippen molar-refractivity contribution in [3.63, 3.8) is 0 Å². The highest BCUT2D eigenvalue weighted by Crippen LogP contribution is 2.47. The Balaban J connectivity index is 1.48. The third-order valence-electron chi connectivity index (χ3n) is 5.69. The number of nitrogens with one attached hydrogen (secondary N) is 1. The minimum absolute atomic E-state index is 0.0378. The van der Waals surface area contributed by atoms with E-state index < -0.39 is 0 Å². The van der Waals surface area contributed by atoms with E-state index in [-0.39, 0.29) is 17.6 Å². The van der Waals surface area contributed by atoms with Crippen molar-refractivity contribution >= 4 is 11.4 Å². The Hall–Kier alpha value is -2.82. The van der Waals surface area contributed by atoms with Gasteiger partial charge in [0.1, 0.15) is 11.4 Å². The smallest absolute Gasteiger partial charge is 0.255 e. The van der Waals surface area contributed by atoms with Crippen LogP contribution in [0.2, 0.25) is 0 Å². The lowest BCUT2D eigenvalue weighted by Crippen LogP contribution is -2.43.